The minimum absolute atomic E-state index is 0.544. The highest BCUT2D eigenvalue weighted by atomic mass is 14.9. The highest BCUT2D eigenvalue weighted by Gasteiger charge is 2.02. The van der Waals surface area contributed by atoms with Gasteiger partial charge in [-0.3, -0.25) is 0 Å². The summed E-state index contributed by atoms with van der Waals surface area (Å²) in [5.74, 6) is 0.544. The van der Waals surface area contributed by atoms with Crippen molar-refractivity contribution in [3.63, 3.8) is 0 Å². The zero-order chi connectivity index (χ0) is 11.3. The predicted octanol–water partition coefficient (Wildman–Crippen LogP) is 3.44. The van der Waals surface area contributed by atoms with E-state index in [9.17, 15) is 0 Å². The Morgan fingerprint density at radius 3 is 2.73 bits per heavy atom. The second kappa shape index (κ2) is 5.41. The van der Waals surface area contributed by atoms with Crippen LogP contribution in [0.3, 0.4) is 0 Å². The van der Waals surface area contributed by atoms with Crippen LogP contribution < -0.4 is 5.32 Å². The second-order valence-corrected chi connectivity index (χ2v) is 4.06. The molecule has 0 aliphatic rings. The quantitative estimate of drug-likeness (QED) is 0.759. The topological polar surface area (TPSA) is 35.8 Å². The van der Waals surface area contributed by atoms with Gasteiger partial charge in [0.2, 0.25) is 0 Å². The first-order valence-electron chi connectivity index (χ1n) is 5.36. The molecule has 0 saturated heterocycles. The summed E-state index contributed by atoms with van der Waals surface area (Å²) in [5.41, 5.74) is 3.72. The minimum Gasteiger partial charge on any atom is -0.384 e. The molecule has 80 valence electrons. The van der Waals surface area contributed by atoms with E-state index in [1.807, 2.05) is 0 Å². The van der Waals surface area contributed by atoms with Gasteiger partial charge in [0.25, 0.3) is 0 Å². The molecule has 0 spiro atoms. The molecule has 0 saturated carbocycles. The number of nitrogens with zero attached hydrogens (tertiary/aromatic N) is 1. The number of rotatable bonds is 4. The molecular weight excluding hydrogens is 184 g/mol. The zero-order valence-corrected chi connectivity index (χ0v) is 9.67. The van der Waals surface area contributed by atoms with E-state index >= 15 is 0 Å². The fourth-order valence-corrected chi connectivity index (χ4v) is 1.44. The van der Waals surface area contributed by atoms with Crippen LogP contribution in [0, 0.1) is 18.3 Å². The average molecular weight is 202 g/mol. The summed E-state index contributed by atoms with van der Waals surface area (Å²) in [7, 11) is 0. The summed E-state index contributed by atoms with van der Waals surface area (Å²) in [4.78, 5) is 0. The Balaban J connectivity index is 2.77. The summed E-state index contributed by atoms with van der Waals surface area (Å²) in [5, 5.41) is 11.8. The Bertz CT molecular complexity index is 361. The number of hydrogen-bond donors (Lipinski definition) is 1. The van der Waals surface area contributed by atoms with Crippen LogP contribution in [0.1, 0.15) is 37.3 Å². The van der Waals surface area contributed by atoms with Gasteiger partial charge in [-0.1, -0.05) is 26.0 Å². The largest absolute Gasteiger partial charge is 0.384 e. The van der Waals surface area contributed by atoms with Crippen molar-refractivity contribution in [3.05, 3.63) is 29.3 Å². The van der Waals surface area contributed by atoms with Gasteiger partial charge in [0.15, 0.2) is 0 Å². The molecular formula is C13H18N2. The Morgan fingerprint density at radius 2 is 2.13 bits per heavy atom. The maximum absolute atomic E-state index is 8.47. The Labute approximate surface area is 91.9 Å². The molecule has 0 aromatic heterocycles. The normalized spacial score (nSPS) is 10.1. The first kappa shape index (κ1) is 11.6. The fourth-order valence-electron chi connectivity index (χ4n) is 1.44. The smallest absolute Gasteiger partial charge is 0.0640 e. The average Bonchev–Trinajstić information content (AvgIpc) is 2.20. The van der Waals surface area contributed by atoms with Crippen LogP contribution in [-0.4, -0.2) is 6.54 Å². The van der Waals surface area contributed by atoms with E-state index in [0.29, 0.717) is 12.3 Å². The first-order valence-corrected chi connectivity index (χ1v) is 5.36. The van der Waals surface area contributed by atoms with Gasteiger partial charge in [-0.25, -0.2) is 0 Å². The molecule has 0 aliphatic heterocycles. The van der Waals surface area contributed by atoms with E-state index in [0.717, 1.165) is 12.2 Å². The predicted molar refractivity (Wildman–Crippen MR) is 64.0 cm³/mol. The number of anilines is 1. The summed E-state index contributed by atoms with van der Waals surface area (Å²) >= 11 is 0. The van der Waals surface area contributed by atoms with Gasteiger partial charge < -0.3 is 5.32 Å². The van der Waals surface area contributed by atoms with E-state index in [1.54, 1.807) is 0 Å². The Morgan fingerprint density at radius 1 is 1.40 bits per heavy atom. The molecule has 1 aromatic carbocycles. The number of hydrogen-bond acceptors (Lipinski definition) is 2. The molecule has 1 aromatic rings. The van der Waals surface area contributed by atoms with Crippen molar-refractivity contribution in [3.8, 4) is 6.07 Å². The van der Waals surface area contributed by atoms with Crippen LogP contribution in [0.2, 0.25) is 0 Å². The van der Waals surface area contributed by atoms with Crippen molar-refractivity contribution in [2.45, 2.75) is 33.1 Å². The monoisotopic (exact) mass is 202 g/mol. The molecule has 0 heterocycles. The third kappa shape index (κ3) is 3.28. The lowest BCUT2D eigenvalue weighted by Crippen LogP contribution is -2.03. The molecule has 0 radical (unpaired) electrons. The highest BCUT2D eigenvalue weighted by molar-refractivity contribution is 5.53. The van der Waals surface area contributed by atoms with Crippen molar-refractivity contribution >= 4 is 5.69 Å². The highest BCUT2D eigenvalue weighted by Crippen LogP contribution is 2.22. The Kier molecular flexibility index (Phi) is 4.17. The van der Waals surface area contributed by atoms with Crippen LogP contribution in [0.15, 0.2) is 18.2 Å². The van der Waals surface area contributed by atoms with Crippen molar-refractivity contribution in [2.24, 2.45) is 0 Å². The maximum atomic E-state index is 8.47. The molecule has 15 heavy (non-hydrogen) atoms. The summed E-state index contributed by atoms with van der Waals surface area (Å²) < 4.78 is 0. The number of nitrogens with one attached hydrogen (secondary N) is 1. The van der Waals surface area contributed by atoms with Gasteiger partial charge in [-0.15, -0.1) is 0 Å². The van der Waals surface area contributed by atoms with Crippen molar-refractivity contribution in [2.75, 3.05) is 11.9 Å². The summed E-state index contributed by atoms with van der Waals surface area (Å²) in [6.45, 7) is 7.17. The maximum Gasteiger partial charge on any atom is 0.0640 e. The SMILES string of the molecule is Cc1ccc(C(C)C)cc1NCCC#N. The van der Waals surface area contributed by atoms with Crippen molar-refractivity contribution in [1.29, 1.82) is 5.26 Å². The first-order chi connectivity index (χ1) is 7.15. The van der Waals surface area contributed by atoms with E-state index in [4.69, 9.17) is 5.26 Å². The number of aryl methyl sites for hydroxylation is 1. The van der Waals surface area contributed by atoms with E-state index < -0.39 is 0 Å². The second-order valence-electron chi connectivity index (χ2n) is 4.06. The minimum atomic E-state index is 0.544. The lowest BCUT2D eigenvalue weighted by Gasteiger charge is -2.12. The van der Waals surface area contributed by atoms with Crippen molar-refractivity contribution in [1.82, 2.24) is 0 Å². The Hall–Kier alpha value is -1.49. The van der Waals surface area contributed by atoms with E-state index in [2.05, 4.69) is 50.4 Å². The van der Waals surface area contributed by atoms with Gasteiger partial charge in [0.05, 0.1) is 12.5 Å². The molecule has 1 N–H and O–H groups in total. The van der Waals surface area contributed by atoms with Crippen LogP contribution in [0.4, 0.5) is 5.69 Å². The van der Waals surface area contributed by atoms with Crippen LogP contribution in [0.25, 0.3) is 0 Å². The van der Waals surface area contributed by atoms with Gasteiger partial charge in [0, 0.05) is 12.2 Å². The van der Waals surface area contributed by atoms with E-state index in [1.165, 1.54) is 11.1 Å². The standard InChI is InChI=1S/C13H18N2/c1-10(2)12-6-5-11(3)13(9-12)15-8-4-7-14/h5-6,9-10,15H,4,8H2,1-3H3. The van der Waals surface area contributed by atoms with Gasteiger partial charge in [-0.05, 0) is 30.0 Å². The third-order valence-corrected chi connectivity index (χ3v) is 2.48. The number of benzene rings is 1. The van der Waals surface area contributed by atoms with Gasteiger partial charge in [-0.2, -0.15) is 5.26 Å². The number of nitriles is 1. The molecule has 1 rings (SSSR count). The molecule has 0 unspecified atom stereocenters. The summed E-state index contributed by atoms with van der Waals surface area (Å²) in [6.07, 6.45) is 0.547. The van der Waals surface area contributed by atoms with Crippen LogP contribution >= 0.6 is 0 Å². The summed E-state index contributed by atoms with van der Waals surface area (Å²) in [6, 6.07) is 8.60. The van der Waals surface area contributed by atoms with Gasteiger partial charge >= 0.3 is 0 Å². The third-order valence-electron chi connectivity index (χ3n) is 2.48. The lowest BCUT2D eigenvalue weighted by molar-refractivity contribution is 0.865. The molecule has 0 aliphatic carbocycles. The zero-order valence-electron chi connectivity index (χ0n) is 9.67. The van der Waals surface area contributed by atoms with Gasteiger partial charge in [0.1, 0.15) is 0 Å². The molecule has 0 amide bonds. The molecule has 2 nitrogen and oxygen atoms in total. The van der Waals surface area contributed by atoms with Crippen LogP contribution in [0.5, 0.6) is 0 Å². The molecule has 0 atom stereocenters. The molecule has 0 fully saturated rings. The van der Waals surface area contributed by atoms with E-state index in [-0.39, 0.29) is 0 Å². The van der Waals surface area contributed by atoms with Crippen molar-refractivity contribution < 1.29 is 0 Å². The lowest BCUT2D eigenvalue weighted by atomic mass is 10.0. The van der Waals surface area contributed by atoms with Crippen LogP contribution in [-0.2, 0) is 0 Å². The molecule has 2 heteroatoms. The molecule has 0 bridgehead atoms. The fraction of sp³-hybridized carbons (Fsp3) is 0.462.